The third kappa shape index (κ3) is 4.15. The highest BCUT2D eigenvalue weighted by Crippen LogP contribution is 2.29. The molecular weight excluding hydrogens is 298 g/mol. The van der Waals surface area contributed by atoms with Crippen LogP contribution in [-0.2, 0) is 6.42 Å². The minimum Gasteiger partial charge on any atom is -0.493 e. The molecule has 4 heteroatoms. The maximum atomic E-state index is 5.87. The van der Waals surface area contributed by atoms with Crippen molar-refractivity contribution in [1.82, 2.24) is 16.2 Å². The number of hydrazine groups is 1. The first kappa shape index (κ1) is 17.0. The number of likely N-dealkylation sites (N-methyl/N-ethyl adjacent to an activating group) is 1. The van der Waals surface area contributed by atoms with Crippen molar-refractivity contribution >= 4 is 0 Å². The summed E-state index contributed by atoms with van der Waals surface area (Å²) < 4.78 is 5.87. The van der Waals surface area contributed by atoms with E-state index in [-0.39, 0.29) is 0 Å². The number of hydrogen-bond donors (Lipinski definition) is 3. The molecule has 128 valence electrons. The van der Waals surface area contributed by atoms with Gasteiger partial charge in [0.25, 0.3) is 0 Å². The van der Waals surface area contributed by atoms with Gasteiger partial charge in [0.05, 0.1) is 12.6 Å². The van der Waals surface area contributed by atoms with Crippen LogP contribution in [-0.4, -0.2) is 26.2 Å². The summed E-state index contributed by atoms with van der Waals surface area (Å²) in [6.07, 6.45) is 0.930. The van der Waals surface area contributed by atoms with E-state index < -0.39 is 0 Å². The van der Waals surface area contributed by atoms with E-state index >= 15 is 0 Å². The second kappa shape index (κ2) is 8.29. The number of hydrogen-bond acceptors (Lipinski definition) is 4. The molecule has 1 heterocycles. The third-order valence-corrected chi connectivity index (χ3v) is 4.75. The van der Waals surface area contributed by atoms with Crippen LogP contribution in [0.25, 0.3) is 0 Å². The van der Waals surface area contributed by atoms with Gasteiger partial charge in [-0.3, -0.25) is 5.43 Å². The maximum Gasteiger partial charge on any atom is 0.119 e. The largest absolute Gasteiger partial charge is 0.493 e. The minimum absolute atomic E-state index is 0.335. The van der Waals surface area contributed by atoms with Crippen LogP contribution < -0.4 is 20.9 Å². The fourth-order valence-corrected chi connectivity index (χ4v) is 3.24. The molecule has 3 atom stereocenters. The number of benzene rings is 2. The Morgan fingerprint density at radius 2 is 1.75 bits per heavy atom. The third-order valence-electron chi connectivity index (χ3n) is 4.75. The molecule has 0 amide bonds. The lowest BCUT2D eigenvalue weighted by atomic mass is 9.91. The highest BCUT2D eigenvalue weighted by molar-refractivity contribution is 5.30. The molecule has 0 saturated carbocycles. The standard InChI is InChI=1S/C20H27N3O/c1-15-19(14-21-2)22-23-20(15)17-8-10-18(11-9-17)24-13-12-16-6-4-3-5-7-16/h3-11,15,19-23H,12-14H2,1-2H3. The van der Waals surface area contributed by atoms with Crippen molar-refractivity contribution in [2.24, 2.45) is 5.92 Å². The second-order valence-electron chi connectivity index (χ2n) is 6.44. The molecule has 1 aliphatic heterocycles. The average Bonchev–Trinajstić information content (AvgIpc) is 2.98. The predicted octanol–water partition coefficient (Wildman–Crippen LogP) is 2.68. The summed E-state index contributed by atoms with van der Waals surface area (Å²) in [4.78, 5) is 0. The first-order chi connectivity index (χ1) is 11.8. The lowest BCUT2D eigenvalue weighted by molar-refractivity contribution is 0.321. The average molecular weight is 325 g/mol. The van der Waals surface area contributed by atoms with Crippen molar-refractivity contribution in [2.75, 3.05) is 20.2 Å². The van der Waals surface area contributed by atoms with E-state index in [0.717, 1.165) is 18.7 Å². The van der Waals surface area contributed by atoms with Gasteiger partial charge in [0.2, 0.25) is 0 Å². The molecule has 3 rings (SSSR count). The smallest absolute Gasteiger partial charge is 0.119 e. The lowest BCUT2D eigenvalue weighted by Gasteiger charge is -2.19. The molecule has 24 heavy (non-hydrogen) atoms. The minimum atomic E-state index is 0.335. The highest BCUT2D eigenvalue weighted by atomic mass is 16.5. The van der Waals surface area contributed by atoms with E-state index in [0.29, 0.717) is 24.6 Å². The lowest BCUT2D eigenvalue weighted by Crippen LogP contribution is -2.38. The zero-order valence-corrected chi connectivity index (χ0v) is 14.5. The Morgan fingerprint density at radius 1 is 1.00 bits per heavy atom. The van der Waals surface area contributed by atoms with Crippen molar-refractivity contribution < 1.29 is 4.74 Å². The molecule has 0 radical (unpaired) electrons. The maximum absolute atomic E-state index is 5.87. The van der Waals surface area contributed by atoms with Crippen LogP contribution >= 0.6 is 0 Å². The summed E-state index contributed by atoms with van der Waals surface area (Å²) >= 11 is 0. The number of nitrogens with one attached hydrogen (secondary N) is 3. The van der Waals surface area contributed by atoms with Crippen molar-refractivity contribution in [1.29, 1.82) is 0 Å². The van der Waals surface area contributed by atoms with Crippen LogP contribution in [0.1, 0.15) is 24.1 Å². The van der Waals surface area contributed by atoms with Crippen LogP contribution in [0.3, 0.4) is 0 Å². The van der Waals surface area contributed by atoms with Gasteiger partial charge in [-0.05, 0) is 36.2 Å². The number of rotatable bonds is 7. The quantitative estimate of drug-likeness (QED) is 0.732. The molecule has 0 aliphatic carbocycles. The Morgan fingerprint density at radius 3 is 2.46 bits per heavy atom. The molecule has 0 aromatic heterocycles. The summed E-state index contributed by atoms with van der Waals surface area (Å²) in [6.45, 7) is 3.95. The van der Waals surface area contributed by atoms with Crippen LogP contribution in [0.4, 0.5) is 0 Å². The molecule has 0 bridgehead atoms. The van der Waals surface area contributed by atoms with Gasteiger partial charge < -0.3 is 10.1 Å². The first-order valence-electron chi connectivity index (χ1n) is 8.70. The Balaban J connectivity index is 1.52. The SMILES string of the molecule is CNCC1NNC(c2ccc(OCCc3ccccc3)cc2)C1C. The summed E-state index contributed by atoms with van der Waals surface area (Å²) in [5.41, 5.74) is 9.39. The summed E-state index contributed by atoms with van der Waals surface area (Å²) in [5, 5.41) is 3.24. The normalized spacial score (nSPS) is 23.3. The van der Waals surface area contributed by atoms with Gasteiger partial charge in [-0.2, -0.15) is 0 Å². The summed E-state index contributed by atoms with van der Waals surface area (Å²) in [5.74, 6) is 1.46. The van der Waals surface area contributed by atoms with Gasteiger partial charge >= 0.3 is 0 Å². The first-order valence-corrected chi connectivity index (χ1v) is 8.70. The van der Waals surface area contributed by atoms with Gasteiger partial charge in [0.1, 0.15) is 5.75 Å². The van der Waals surface area contributed by atoms with Gasteiger partial charge in [-0.1, -0.05) is 49.4 Å². The molecule has 1 aliphatic rings. The molecular formula is C20H27N3O. The van der Waals surface area contributed by atoms with Crippen LogP contribution in [0.2, 0.25) is 0 Å². The van der Waals surface area contributed by atoms with Crippen molar-refractivity contribution in [3.8, 4) is 5.75 Å². The molecule has 2 aromatic carbocycles. The zero-order chi connectivity index (χ0) is 16.8. The van der Waals surface area contributed by atoms with E-state index in [2.05, 4.69) is 71.6 Å². The van der Waals surface area contributed by atoms with Gasteiger partial charge in [0.15, 0.2) is 0 Å². The van der Waals surface area contributed by atoms with Crippen molar-refractivity contribution in [3.05, 3.63) is 65.7 Å². The van der Waals surface area contributed by atoms with Crippen molar-refractivity contribution in [3.63, 3.8) is 0 Å². The fraction of sp³-hybridized carbons (Fsp3) is 0.400. The van der Waals surface area contributed by atoms with Gasteiger partial charge in [0, 0.05) is 19.0 Å². The van der Waals surface area contributed by atoms with Gasteiger partial charge in [-0.25, -0.2) is 5.43 Å². The Labute approximate surface area is 144 Å². The second-order valence-corrected chi connectivity index (χ2v) is 6.44. The van der Waals surface area contributed by atoms with E-state index in [4.69, 9.17) is 4.74 Å². The molecule has 2 aromatic rings. The monoisotopic (exact) mass is 325 g/mol. The van der Waals surface area contributed by atoms with E-state index in [9.17, 15) is 0 Å². The molecule has 1 fully saturated rings. The molecule has 1 saturated heterocycles. The molecule has 3 N–H and O–H groups in total. The van der Waals surface area contributed by atoms with E-state index in [1.807, 2.05) is 13.1 Å². The Bertz CT molecular complexity index is 615. The zero-order valence-electron chi connectivity index (χ0n) is 14.5. The van der Waals surface area contributed by atoms with Crippen LogP contribution in [0, 0.1) is 5.92 Å². The Kier molecular flexibility index (Phi) is 5.86. The van der Waals surface area contributed by atoms with Crippen LogP contribution in [0.5, 0.6) is 5.75 Å². The number of ether oxygens (including phenoxy) is 1. The highest BCUT2D eigenvalue weighted by Gasteiger charge is 2.32. The predicted molar refractivity (Wildman–Crippen MR) is 98.0 cm³/mol. The fourth-order valence-electron chi connectivity index (χ4n) is 3.24. The van der Waals surface area contributed by atoms with E-state index in [1.165, 1.54) is 11.1 Å². The van der Waals surface area contributed by atoms with Crippen LogP contribution in [0.15, 0.2) is 54.6 Å². The topological polar surface area (TPSA) is 45.3 Å². The summed E-state index contributed by atoms with van der Waals surface area (Å²) in [7, 11) is 1.99. The van der Waals surface area contributed by atoms with Crippen molar-refractivity contribution in [2.45, 2.75) is 25.4 Å². The molecule has 4 nitrogen and oxygen atoms in total. The summed E-state index contributed by atoms with van der Waals surface area (Å²) in [6, 6.07) is 19.7. The molecule has 0 spiro atoms. The van der Waals surface area contributed by atoms with Gasteiger partial charge in [-0.15, -0.1) is 0 Å². The molecule has 3 unspecified atom stereocenters. The Hall–Kier alpha value is -1.88. The van der Waals surface area contributed by atoms with E-state index in [1.54, 1.807) is 0 Å².